The van der Waals surface area contributed by atoms with E-state index in [1.165, 1.54) is 18.2 Å². The number of hydrogen-bond acceptors (Lipinski definition) is 1. The minimum Gasteiger partial charge on any atom is -0.306 e. The van der Waals surface area contributed by atoms with Crippen LogP contribution in [0.15, 0.2) is 40.9 Å². The van der Waals surface area contributed by atoms with E-state index in [1.54, 1.807) is 18.2 Å². The third-order valence-corrected chi connectivity index (χ3v) is 3.88. The molecule has 0 aliphatic carbocycles. The van der Waals surface area contributed by atoms with Crippen LogP contribution in [-0.2, 0) is 0 Å². The van der Waals surface area contributed by atoms with Crippen LogP contribution >= 0.6 is 27.5 Å². The van der Waals surface area contributed by atoms with Gasteiger partial charge in [0.1, 0.15) is 11.6 Å². The van der Waals surface area contributed by atoms with Gasteiger partial charge in [-0.05, 0) is 36.4 Å². The minimum atomic E-state index is -0.389. The molecule has 1 nitrogen and oxygen atoms in total. The first kappa shape index (κ1) is 15.4. The fraction of sp³-hybridized carbons (Fsp3) is 0.200. The van der Waals surface area contributed by atoms with Crippen LogP contribution in [0.3, 0.4) is 0 Å². The largest absolute Gasteiger partial charge is 0.306 e. The summed E-state index contributed by atoms with van der Waals surface area (Å²) in [5.41, 5.74) is 1.25. The van der Waals surface area contributed by atoms with Gasteiger partial charge in [-0.25, -0.2) is 8.78 Å². The van der Waals surface area contributed by atoms with Gasteiger partial charge in [0.05, 0.1) is 6.04 Å². The molecule has 0 amide bonds. The van der Waals surface area contributed by atoms with Crippen LogP contribution < -0.4 is 5.32 Å². The molecule has 0 heterocycles. The quantitative estimate of drug-likeness (QED) is 0.802. The predicted molar refractivity (Wildman–Crippen MR) is 81.0 cm³/mol. The SMILES string of the molecule is CCNC(c1ccc(Cl)cc1F)c1ccc(F)cc1Br. The Bertz CT molecular complexity index is 567. The summed E-state index contributed by atoms with van der Waals surface area (Å²) in [4.78, 5) is 0. The van der Waals surface area contributed by atoms with Crippen molar-refractivity contribution in [2.75, 3.05) is 6.54 Å². The zero-order valence-corrected chi connectivity index (χ0v) is 13.1. The van der Waals surface area contributed by atoms with Gasteiger partial charge in [-0.2, -0.15) is 0 Å². The average Bonchev–Trinajstić information content (AvgIpc) is 2.37. The lowest BCUT2D eigenvalue weighted by Crippen LogP contribution is -2.23. The number of halogens is 4. The first-order chi connectivity index (χ1) is 9.52. The van der Waals surface area contributed by atoms with Gasteiger partial charge >= 0.3 is 0 Å². The van der Waals surface area contributed by atoms with E-state index in [2.05, 4.69) is 21.2 Å². The van der Waals surface area contributed by atoms with Crippen molar-refractivity contribution in [1.29, 1.82) is 0 Å². The van der Waals surface area contributed by atoms with Gasteiger partial charge in [0.2, 0.25) is 0 Å². The predicted octanol–water partition coefficient (Wildman–Crippen LogP) is 5.08. The summed E-state index contributed by atoms with van der Waals surface area (Å²) in [5, 5.41) is 3.55. The number of benzene rings is 2. The van der Waals surface area contributed by atoms with Crippen LogP contribution in [0.5, 0.6) is 0 Å². The van der Waals surface area contributed by atoms with Gasteiger partial charge in [0.15, 0.2) is 0 Å². The maximum Gasteiger partial charge on any atom is 0.129 e. The van der Waals surface area contributed by atoms with Crippen molar-refractivity contribution in [3.05, 3.63) is 68.7 Å². The second kappa shape index (κ2) is 6.66. The highest BCUT2D eigenvalue weighted by Gasteiger charge is 2.19. The van der Waals surface area contributed by atoms with Gasteiger partial charge in [-0.15, -0.1) is 0 Å². The molecule has 0 bridgehead atoms. The Hall–Kier alpha value is -0.970. The summed E-state index contributed by atoms with van der Waals surface area (Å²) in [5.74, 6) is -0.730. The molecular weight excluding hydrogens is 348 g/mol. The van der Waals surface area contributed by atoms with E-state index in [9.17, 15) is 8.78 Å². The average molecular weight is 361 g/mol. The van der Waals surface area contributed by atoms with Crippen molar-refractivity contribution in [3.8, 4) is 0 Å². The Morgan fingerprint density at radius 2 is 1.85 bits per heavy atom. The third-order valence-electron chi connectivity index (χ3n) is 2.96. The monoisotopic (exact) mass is 359 g/mol. The standard InChI is InChI=1S/C15H13BrClF2N/c1-2-20-15(11-6-4-10(18)8-13(11)16)12-5-3-9(17)7-14(12)19/h3-8,15,20H,2H2,1H3. The van der Waals surface area contributed by atoms with Crippen LogP contribution in [0, 0.1) is 11.6 Å². The van der Waals surface area contributed by atoms with Crippen LogP contribution in [0.2, 0.25) is 5.02 Å². The first-order valence-electron chi connectivity index (χ1n) is 6.16. The zero-order chi connectivity index (χ0) is 14.7. The van der Waals surface area contributed by atoms with Crippen molar-refractivity contribution >= 4 is 27.5 Å². The molecule has 0 aromatic heterocycles. The Balaban J connectivity index is 2.50. The van der Waals surface area contributed by atoms with Crippen LogP contribution in [-0.4, -0.2) is 6.54 Å². The van der Waals surface area contributed by atoms with Gasteiger partial charge < -0.3 is 5.32 Å². The fourth-order valence-corrected chi connectivity index (χ4v) is 2.80. The van der Waals surface area contributed by atoms with Crippen molar-refractivity contribution < 1.29 is 8.78 Å². The summed E-state index contributed by atoms with van der Waals surface area (Å²) >= 11 is 9.10. The lowest BCUT2D eigenvalue weighted by atomic mass is 9.98. The molecule has 0 saturated carbocycles. The van der Waals surface area contributed by atoms with Crippen LogP contribution in [0.1, 0.15) is 24.1 Å². The Morgan fingerprint density at radius 3 is 2.45 bits per heavy atom. The van der Waals surface area contributed by atoms with E-state index in [0.29, 0.717) is 21.6 Å². The highest BCUT2D eigenvalue weighted by Crippen LogP contribution is 2.31. The molecule has 5 heteroatoms. The second-order valence-electron chi connectivity index (χ2n) is 4.32. The van der Waals surface area contributed by atoms with Gasteiger partial charge in [-0.3, -0.25) is 0 Å². The second-order valence-corrected chi connectivity index (χ2v) is 5.61. The molecule has 1 unspecified atom stereocenters. The Morgan fingerprint density at radius 1 is 1.15 bits per heavy atom. The normalized spacial score (nSPS) is 12.4. The number of nitrogens with one attached hydrogen (secondary N) is 1. The van der Waals surface area contributed by atoms with E-state index in [4.69, 9.17) is 11.6 Å². The summed E-state index contributed by atoms with van der Waals surface area (Å²) in [6.07, 6.45) is 0. The van der Waals surface area contributed by atoms with Gasteiger partial charge in [0, 0.05) is 15.1 Å². The van der Waals surface area contributed by atoms with Gasteiger partial charge in [0.25, 0.3) is 0 Å². The molecule has 0 radical (unpaired) electrons. The highest BCUT2D eigenvalue weighted by atomic mass is 79.9. The smallest absolute Gasteiger partial charge is 0.129 e. The molecule has 0 saturated heterocycles. The maximum absolute atomic E-state index is 14.1. The molecule has 1 atom stereocenters. The molecule has 1 N–H and O–H groups in total. The van der Waals surface area contributed by atoms with E-state index < -0.39 is 0 Å². The zero-order valence-electron chi connectivity index (χ0n) is 10.8. The molecule has 2 aromatic rings. The van der Waals surface area contributed by atoms with Crippen molar-refractivity contribution in [2.24, 2.45) is 0 Å². The summed E-state index contributed by atoms with van der Waals surface area (Å²) < 4.78 is 27.9. The first-order valence-corrected chi connectivity index (χ1v) is 7.33. The summed E-state index contributed by atoms with van der Waals surface area (Å²) in [6.45, 7) is 2.58. The Kier molecular flexibility index (Phi) is 5.13. The molecule has 0 aliphatic heterocycles. The van der Waals surface area contributed by atoms with Crippen molar-refractivity contribution in [2.45, 2.75) is 13.0 Å². The van der Waals surface area contributed by atoms with E-state index in [-0.39, 0.29) is 17.7 Å². The van der Waals surface area contributed by atoms with E-state index in [1.807, 2.05) is 6.92 Å². The minimum absolute atomic E-state index is 0.340. The number of rotatable bonds is 4. The summed E-state index contributed by atoms with van der Waals surface area (Å²) in [7, 11) is 0. The summed E-state index contributed by atoms with van der Waals surface area (Å²) in [6, 6.07) is 8.56. The lowest BCUT2D eigenvalue weighted by Gasteiger charge is -2.21. The van der Waals surface area contributed by atoms with Gasteiger partial charge in [-0.1, -0.05) is 46.6 Å². The van der Waals surface area contributed by atoms with Crippen LogP contribution in [0.25, 0.3) is 0 Å². The molecule has 0 aliphatic rings. The molecule has 0 spiro atoms. The van der Waals surface area contributed by atoms with Crippen molar-refractivity contribution in [3.63, 3.8) is 0 Å². The van der Waals surface area contributed by atoms with Crippen LogP contribution in [0.4, 0.5) is 8.78 Å². The number of hydrogen-bond donors (Lipinski definition) is 1. The molecular formula is C15H13BrClF2N. The molecule has 2 aromatic carbocycles. The molecule has 0 fully saturated rings. The third kappa shape index (κ3) is 3.37. The van der Waals surface area contributed by atoms with Crippen molar-refractivity contribution in [1.82, 2.24) is 5.32 Å². The maximum atomic E-state index is 14.1. The molecule has 20 heavy (non-hydrogen) atoms. The van der Waals surface area contributed by atoms with E-state index in [0.717, 1.165) is 5.56 Å². The Labute approximate surface area is 130 Å². The topological polar surface area (TPSA) is 12.0 Å². The lowest BCUT2D eigenvalue weighted by molar-refractivity contribution is 0.556. The molecule has 106 valence electrons. The highest BCUT2D eigenvalue weighted by molar-refractivity contribution is 9.10. The molecule has 2 rings (SSSR count). The fourth-order valence-electron chi connectivity index (χ4n) is 2.06. The van der Waals surface area contributed by atoms with E-state index >= 15 is 0 Å².